The maximum absolute atomic E-state index is 12.8. The van der Waals surface area contributed by atoms with Gasteiger partial charge in [0, 0.05) is 16.3 Å². The first-order valence-corrected chi connectivity index (χ1v) is 7.08. The van der Waals surface area contributed by atoms with Crippen molar-refractivity contribution in [3.8, 4) is 5.75 Å². The Bertz CT molecular complexity index is 548. The van der Waals surface area contributed by atoms with Crippen molar-refractivity contribution in [1.82, 2.24) is 0 Å². The fraction of sp³-hybridized carbons (Fsp3) is 0.143. The van der Waals surface area contributed by atoms with Crippen LogP contribution in [-0.4, -0.2) is 12.4 Å². The molecular weight excluding hydrogens is 285 g/mol. The second-order valence-corrected chi connectivity index (χ2v) is 5.42. The third-order valence-electron chi connectivity index (χ3n) is 2.38. The zero-order valence-corrected chi connectivity index (χ0v) is 11.7. The maximum Gasteiger partial charge on any atom is 0.138 e. The molecule has 0 aromatic heterocycles. The van der Waals surface area contributed by atoms with Crippen LogP contribution < -0.4 is 10.5 Å². The number of anilines is 1. The van der Waals surface area contributed by atoms with E-state index in [0.29, 0.717) is 12.4 Å². The summed E-state index contributed by atoms with van der Waals surface area (Å²) in [6.07, 6.45) is 0. The zero-order chi connectivity index (χ0) is 13.7. The molecule has 2 aromatic rings. The Balaban J connectivity index is 1.79. The number of halogens is 2. The molecule has 2 rings (SSSR count). The number of thioether (sulfide) groups is 1. The van der Waals surface area contributed by atoms with Crippen molar-refractivity contribution in [2.24, 2.45) is 0 Å². The predicted molar refractivity (Wildman–Crippen MR) is 78.5 cm³/mol. The summed E-state index contributed by atoms with van der Waals surface area (Å²) in [5.41, 5.74) is 6.36. The van der Waals surface area contributed by atoms with Crippen LogP contribution in [0, 0.1) is 5.82 Å². The van der Waals surface area contributed by atoms with Crippen molar-refractivity contribution >= 4 is 29.1 Å². The number of hydrogen-bond donors (Lipinski definition) is 1. The minimum absolute atomic E-state index is 0.289. The van der Waals surface area contributed by atoms with E-state index in [1.807, 2.05) is 24.3 Å². The highest BCUT2D eigenvalue weighted by Crippen LogP contribution is 2.25. The van der Waals surface area contributed by atoms with Gasteiger partial charge in [-0.25, -0.2) is 4.39 Å². The van der Waals surface area contributed by atoms with Crippen LogP contribution in [0.25, 0.3) is 0 Å². The molecule has 0 unspecified atom stereocenters. The molecule has 0 heterocycles. The van der Waals surface area contributed by atoms with Crippen molar-refractivity contribution in [3.05, 3.63) is 53.3 Å². The number of ether oxygens (including phenoxy) is 1. The SMILES string of the molecule is Nc1ccc(SCCOc2ccc(F)cc2Cl)cc1. The van der Waals surface area contributed by atoms with Gasteiger partial charge in [0.15, 0.2) is 0 Å². The molecule has 0 aliphatic carbocycles. The summed E-state index contributed by atoms with van der Waals surface area (Å²) in [5.74, 6) is 0.909. The van der Waals surface area contributed by atoms with E-state index in [0.717, 1.165) is 16.3 Å². The number of benzene rings is 2. The van der Waals surface area contributed by atoms with Gasteiger partial charge in [0.2, 0.25) is 0 Å². The molecule has 0 amide bonds. The topological polar surface area (TPSA) is 35.2 Å². The normalized spacial score (nSPS) is 10.4. The Morgan fingerprint density at radius 2 is 1.89 bits per heavy atom. The Labute approximate surface area is 120 Å². The van der Waals surface area contributed by atoms with Crippen LogP contribution in [-0.2, 0) is 0 Å². The summed E-state index contributed by atoms with van der Waals surface area (Å²) >= 11 is 7.52. The molecule has 0 spiro atoms. The zero-order valence-electron chi connectivity index (χ0n) is 10.1. The molecule has 0 bridgehead atoms. The van der Waals surface area contributed by atoms with Gasteiger partial charge in [-0.2, -0.15) is 0 Å². The second-order valence-electron chi connectivity index (χ2n) is 3.84. The lowest BCUT2D eigenvalue weighted by Crippen LogP contribution is -2.00. The fourth-order valence-electron chi connectivity index (χ4n) is 1.47. The molecule has 2 nitrogen and oxygen atoms in total. The minimum atomic E-state index is -0.367. The monoisotopic (exact) mass is 297 g/mol. The molecule has 0 radical (unpaired) electrons. The standard InChI is InChI=1S/C14H13ClFNOS/c15-13-9-10(16)1-6-14(13)18-7-8-19-12-4-2-11(17)3-5-12/h1-6,9H,7-8,17H2. The summed E-state index contributed by atoms with van der Waals surface area (Å²) in [6, 6.07) is 11.7. The number of nitrogen functional groups attached to an aromatic ring is 1. The smallest absolute Gasteiger partial charge is 0.138 e. The average Bonchev–Trinajstić information content (AvgIpc) is 2.39. The van der Waals surface area contributed by atoms with E-state index in [4.69, 9.17) is 22.1 Å². The lowest BCUT2D eigenvalue weighted by Gasteiger charge is -2.08. The molecule has 5 heteroatoms. The third-order valence-corrected chi connectivity index (χ3v) is 3.66. The van der Waals surface area contributed by atoms with Gasteiger partial charge in [-0.15, -0.1) is 11.8 Å². The van der Waals surface area contributed by atoms with Crippen LogP contribution in [0.3, 0.4) is 0 Å². The molecule has 2 N–H and O–H groups in total. The Hall–Kier alpha value is -1.39. The van der Waals surface area contributed by atoms with Crippen LogP contribution >= 0.6 is 23.4 Å². The highest BCUT2D eigenvalue weighted by atomic mass is 35.5. The highest BCUT2D eigenvalue weighted by Gasteiger charge is 2.03. The number of rotatable bonds is 5. The molecule has 0 aliphatic heterocycles. The molecule has 0 saturated carbocycles. The summed E-state index contributed by atoms with van der Waals surface area (Å²) in [6.45, 7) is 0.500. The fourth-order valence-corrected chi connectivity index (χ4v) is 2.42. The van der Waals surface area contributed by atoms with Crippen LogP contribution in [0.15, 0.2) is 47.4 Å². The molecular formula is C14H13ClFNOS. The largest absolute Gasteiger partial charge is 0.491 e. The summed E-state index contributed by atoms with van der Waals surface area (Å²) in [7, 11) is 0. The molecule has 0 aliphatic rings. The molecule has 2 aromatic carbocycles. The van der Waals surface area contributed by atoms with Gasteiger partial charge in [0.05, 0.1) is 11.6 Å². The van der Waals surface area contributed by atoms with Gasteiger partial charge in [-0.05, 0) is 42.5 Å². The van der Waals surface area contributed by atoms with Gasteiger partial charge in [-0.3, -0.25) is 0 Å². The quantitative estimate of drug-likeness (QED) is 0.509. The van der Waals surface area contributed by atoms with E-state index < -0.39 is 0 Å². The van der Waals surface area contributed by atoms with E-state index in [-0.39, 0.29) is 10.8 Å². The van der Waals surface area contributed by atoms with Gasteiger partial charge in [0.25, 0.3) is 0 Å². The van der Waals surface area contributed by atoms with E-state index in [1.54, 1.807) is 11.8 Å². The van der Waals surface area contributed by atoms with Crippen LogP contribution in [0.1, 0.15) is 0 Å². The lowest BCUT2D eigenvalue weighted by molar-refractivity contribution is 0.343. The van der Waals surface area contributed by atoms with Gasteiger partial charge < -0.3 is 10.5 Å². The Morgan fingerprint density at radius 3 is 2.58 bits per heavy atom. The lowest BCUT2D eigenvalue weighted by atomic mass is 10.3. The van der Waals surface area contributed by atoms with Crippen LogP contribution in [0.2, 0.25) is 5.02 Å². The molecule has 100 valence electrons. The number of hydrogen-bond acceptors (Lipinski definition) is 3. The first-order chi connectivity index (χ1) is 9.15. The van der Waals surface area contributed by atoms with Gasteiger partial charge in [-0.1, -0.05) is 11.6 Å². The predicted octanol–water partition coefficient (Wildman–Crippen LogP) is 4.23. The summed E-state index contributed by atoms with van der Waals surface area (Å²) < 4.78 is 18.3. The highest BCUT2D eigenvalue weighted by molar-refractivity contribution is 7.99. The van der Waals surface area contributed by atoms with Crippen molar-refractivity contribution in [2.75, 3.05) is 18.1 Å². The van der Waals surface area contributed by atoms with E-state index in [9.17, 15) is 4.39 Å². The first kappa shape index (κ1) is 14.0. The third kappa shape index (κ3) is 4.33. The van der Waals surface area contributed by atoms with Crippen molar-refractivity contribution in [3.63, 3.8) is 0 Å². The van der Waals surface area contributed by atoms with Crippen molar-refractivity contribution in [1.29, 1.82) is 0 Å². The van der Waals surface area contributed by atoms with Gasteiger partial charge >= 0.3 is 0 Å². The Kier molecular flexibility index (Phi) is 4.93. The molecule has 0 atom stereocenters. The van der Waals surface area contributed by atoms with Crippen molar-refractivity contribution < 1.29 is 9.13 Å². The molecule has 0 fully saturated rings. The summed E-state index contributed by atoms with van der Waals surface area (Å²) in [5, 5.41) is 0.289. The molecule has 0 saturated heterocycles. The second kappa shape index (κ2) is 6.68. The van der Waals surface area contributed by atoms with Crippen LogP contribution in [0.4, 0.5) is 10.1 Å². The van der Waals surface area contributed by atoms with E-state index in [2.05, 4.69) is 0 Å². The number of nitrogens with two attached hydrogens (primary N) is 1. The van der Waals surface area contributed by atoms with Gasteiger partial charge in [0.1, 0.15) is 11.6 Å². The van der Waals surface area contributed by atoms with E-state index >= 15 is 0 Å². The average molecular weight is 298 g/mol. The van der Waals surface area contributed by atoms with Crippen LogP contribution in [0.5, 0.6) is 5.75 Å². The maximum atomic E-state index is 12.8. The minimum Gasteiger partial charge on any atom is -0.491 e. The van der Waals surface area contributed by atoms with Crippen molar-refractivity contribution in [2.45, 2.75) is 4.90 Å². The first-order valence-electron chi connectivity index (χ1n) is 5.71. The van der Waals surface area contributed by atoms with E-state index in [1.165, 1.54) is 18.2 Å². The summed E-state index contributed by atoms with van der Waals surface area (Å²) in [4.78, 5) is 1.13. The Morgan fingerprint density at radius 1 is 1.16 bits per heavy atom. The molecule has 19 heavy (non-hydrogen) atoms.